The normalized spacial score (nSPS) is 11.2. The topological polar surface area (TPSA) is 142 Å². The zero-order valence-corrected chi connectivity index (χ0v) is 9.38. The highest BCUT2D eigenvalue weighted by atomic mass is 15.1. The van der Waals surface area contributed by atoms with E-state index in [1.54, 1.807) is 18.3 Å². The lowest BCUT2D eigenvalue weighted by Gasteiger charge is -1.99. The van der Waals surface area contributed by atoms with E-state index in [1.807, 2.05) is 12.1 Å². The van der Waals surface area contributed by atoms with Crippen LogP contribution in [0.25, 0.3) is 10.9 Å². The fraction of sp³-hybridized carbons (Fsp3) is 0. The monoisotopic (exact) mass is 241 g/mol. The molecular weight excluding hydrogens is 230 g/mol. The summed E-state index contributed by atoms with van der Waals surface area (Å²) < 4.78 is 0. The van der Waals surface area contributed by atoms with Crippen molar-refractivity contribution in [2.24, 2.45) is 27.2 Å². The molecule has 7 N–H and O–H groups in total. The van der Waals surface area contributed by atoms with Crippen LogP contribution in [-0.4, -0.2) is 16.9 Å². The van der Waals surface area contributed by atoms with Gasteiger partial charge in [0.15, 0.2) is 5.96 Å². The Morgan fingerprint density at radius 1 is 1.28 bits per heavy atom. The number of aromatic nitrogens is 1. The fourth-order valence-corrected chi connectivity index (χ4v) is 1.59. The lowest BCUT2D eigenvalue weighted by Crippen LogP contribution is -2.26. The van der Waals surface area contributed by atoms with Gasteiger partial charge in [-0.25, -0.2) is 4.99 Å². The van der Waals surface area contributed by atoms with Crippen molar-refractivity contribution in [3.8, 4) is 6.07 Å². The first-order valence-corrected chi connectivity index (χ1v) is 5.05. The van der Waals surface area contributed by atoms with Crippen molar-refractivity contribution >= 4 is 28.5 Å². The van der Waals surface area contributed by atoms with Crippen molar-refractivity contribution in [2.75, 3.05) is 0 Å². The van der Waals surface area contributed by atoms with Gasteiger partial charge in [0.2, 0.25) is 5.96 Å². The van der Waals surface area contributed by atoms with E-state index in [0.717, 1.165) is 10.9 Å². The number of rotatable bonds is 1. The summed E-state index contributed by atoms with van der Waals surface area (Å²) in [6.45, 7) is 0. The molecule has 0 saturated heterocycles. The van der Waals surface area contributed by atoms with E-state index in [1.165, 1.54) is 0 Å². The van der Waals surface area contributed by atoms with Gasteiger partial charge in [-0.1, -0.05) is 0 Å². The molecule has 0 amide bonds. The molecule has 1 aromatic carbocycles. The quantitative estimate of drug-likeness (QED) is 0.419. The third kappa shape index (κ3) is 2.22. The minimum absolute atomic E-state index is 0.0624. The van der Waals surface area contributed by atoms with Gasteiger partial charge in [0.05, 0.1) is 17.3 Å². The van der Waals surface area contributed by atoms with E-state index < -0.39 is 0 Å². The highest BCUT2D eigenvalue weighted by Crippen LogP contribution is 2.27. The van der Waals surface area contributed by atoms with E-state index in [-0.39, 0.29) is 11.9 Å². The van der Waals surface area contributed by atoms with Gasteiger partial charge in [0.1, 0.15) is 0 Å². The zero-order chi connectivity index (χ0) is 13.1. The SMILES string of the molecule is N#Cc1cc(N=C(N)N=C(N)N)c2cc[nH]c2c1. The third-order valence-corrected chi connectivity index (χ3v) is 2.25. The molecule has 2 rings (SSSR count). The van der Waals surface area contributed by atoms with Gasteiger partial charge in [-0.2, -0.15) is 10.3 Å². The van der Waals surface area contributed by atoms with Crippen LogP contribution in [-0.2, 0) is 0 Å². The van der Waals surface area contributed by atoms with Crippen LogP contribution in [0, 0.1) is 11.3 Å². The molecule has 0 bridgehead atoms. The highest BCUT2D eigenvalue weighted by molar-refractivity contribution is 5.98. The van der Waals surface area contributed by atoms with Crippen LogP contribution < -0.4 is 17.2 Å². The molecule has 0 radical (unpaired) electrons. The van der Waals surface area contributed by atoms with E-state index in [0.29, 0.717) is 11.3 Å². The largest absolute Gasteiger partial charge is 0.370 e. The number of nitrogens with two attached hydrogens (primary N) is 3. The van der Waals surface area contributed by atoms with Gasteiger partial charge in [0.25, 0.3) is 0 Å². The Morgan fingerprint density at radius 2 is 2.06 bits per heavy atom. The summed E-state index contributed by atoms with van der Waals surface area (Å²) in [6, 6.07) is 7.22. The Kier molecular flexibility index (Phi) is 2.85. The standard InChI is InChI=1S/C11H11N7/c12-5-6-3-8-7(1-2-16-8)9(4-6)17-11(15)18-10(13)14/h1-4,16H,(H6,13,14,15,17,18). The van der Waals surface area contributed by atoms with E-state index in [4.69, 9.17) is 22.5 Å². The molecule has 0 saturated carbocycles. The summed E-state index contributed by atoms with van der Waals surface area (Å²) in [4.78, 5) is 10.7. The second kappa shape index (κ2) is 4.47. The fourth-order valence-electron chi connectivity index (χ4n) is 1.59. The molecule has 0 spiro atoms. The Hall–Kier alpha value is -3.01. The van der Waals surface area contributed by atoms with Gasteiger partial charge in [-0.3, -0.25) is 0 Å². The molecule has 0 unspecified atom stereocenters. The second-order valence-electron chi connectivity index (χ2n) is 3.55. The van der Waals surface area contributed by atoms with Gasteiger partial charge in [-0.05, 0) is 18.2 Å². The van der Waals surface area contributed by atoms with Crippen LogP contribution in [0.5, 0.6) is 0 Å². The number of benzene rings is 1. The van der Waals surface area contributed by atoms with Crippen LogP contribution in [0.15, 0.2) is 34.4 Å². The Labute approximate surface area is 103 Å². The summed E-state index contributed by atoms with van der Waals surface area (Å²) in [5.41, 5.74) is 17.8. The summed E-state index contributed by atoms with van der Waals surface area (Å²) in [5.74, 6) is -0.231. The number of aromatic amines is 1. The van der Waals surface area contributed by atoms with Crippen molar-refractivity contribution in [1.82, 2.24) is 4.98 Å². The predicted octanol–water partition coefficient (Wildman–Crippen LogP) is 0.259. The molecule has 0 atom stereocenters. The van der Waals surface area contributed by atoms with Crippen LogP contribution in [0.2, 0.25) is 0 Å². The maximum atomic E-state index is 8.93. The smallest absolute Gasteiger partial charge is 0.223 e. The van der Waals surface area contributed by atoms with E-state index >= 15 is 0 Å². The average Bonchev–Trinajstić information content (AvgIpc) is 2.75. The zero-order valence-electron chi connectivity index (χ0n) is 9.38. The number of fused-ring (bicyclic) bond motifs is 1. The first-order valence-electron chi connectivity index (χ1n) is 5.05. The highest BCUT2D eigenvalue weighted by Gasteiger charge is 2.05. The minimum Gasteiger partial charge on any atom is -0.370 e. The van der Waals surface area contributed by atoms with Crippen molar-refractivity contribution in [1.29, 1.82) is 5.26 Å². The molecule has 0 aliphatic heterocycles. The summed E-state index contributed by atoms with van der Waals surface area (Å²) in [6.07, 6.45) is 1.75. The van der Waals surface area contributed by atoms with Crippen LogP contribution >= 0.6 is 0 Å². The molecule has 2 aromatic rings. The maximum Gasteiger partial charge on any atom is 0.223 e. The first kappa shape index (κ1) is 11.5. The molecule has 7 heteroatoms. The molecule has 7 nitrogen and oxygen atoms in total. The van der Waals surface area contributed by atoms with E-state index in [9.17, 15) is 0 Å². The Morgan fingerprint density at radius 3 is 2.72 bits per heavy atom. The molecule has 1 heterocycles. The minimum atomic E-state index is -0.169. The number of H-pyrrole nitrogens is 1. The summed E-state index contributed by atoms with van der Waals surface area (Å²) >= 11 is 0. The van der Waals surface area contributed by atoms with Crippen molar-refractivity contribution < 1.29 is 0 Å². The van der Waals surface area contributed by atoms with Crippen molar-refractivity contribution in [2.45, 2.75) is 0 Å². The predicted molar refractivity (Wildman–Crippen MR) is 70.1 cm³/mol. The van der Waals surface area contributed by atoms with Gasteiger partial charge < -0.3 is 22.2 Å². The number of guanidine groups is 2. The molecule has 90 valence electrons. The average molecular weight is 241 g/mol. The lowest BCUT2D eigenvalue weighted by molar-refractivity contribution is 1.38. The summed E-state index contributed by atoms with van der Waals surface area (Å²) in [7, 11) is 0. The lowest BCUT2D eigenvalue weighted by atomic mass is 10.1. The number of nitrogens with one attached hydrogen (secondary N) is 1. The number of aliphatic imine (C=N–C) groups is 2. The van der Waals surface area contributed by atoms with Gasteiger partial charge >= 0.3 is 0 Å². The number of hydrogen-bond acceptors (Lipinski definition) is 2. The first-order chi connectivity index (χ1) is 8.60. The Bertz CT molecular complexity index is 683. The van der Waals surface area contributed by atoms with Crippen LogP contribution in [0.3, 0.4) is 0 Å². The van der Waals surface area contributed by atoms with Gasteiger partial charge in [-0.15, -0.1) is 0 Å². The van der Waals surface area contributed by atoms with Crippen LogP contribution in [0.1, 0.15) is 5.56 Å². The molecule has 0 aliphatic rings. The molecule has 18 heavy (non-hydrogen) atoms. The molecule has 0 aliphatic carbocycles. The van der Waals surface area contributed by atoms with E-state index in [2.05, 4.69) is 15.0 Å². The van der Waals surface area contributed by atoms with Gasteiger partial charge in [0, 0.05) is 17.1 Å². The third-order valence-electron chi connectivity index (χ3n) is 2.25. The maximum absolute atomic E-state index is 8.93. The number of nitriles is 1. The molecular formula is C11H11N7. The van der Waals surface area contributed by atoms with Crippen molar-refractivity contribution in [3.63, 3.8) is 0 Å². The molecule has 0 fully saturated rings. The van der Waals surface area contributed by atoms with Crippen molar-refractivity contribution in [3.05, 3.63) is 30.0 Å². The molecule has 1 aromatic heterocycles. The van der Waals surface area contributed by atoms with Crippen LogP contribution in [0.4, 0.5) is 5.69 Å². The Balaban J connectivity index is 2.60. The number of nitrogens with zero attached hydrogens (tertiary/aromatic N) is 3. The summed E-state index contributed by atoms with van der Waals surface area (Å²) in [5, 5.41) is 9.76. The number of hydrogen-bond donors (Lipinski definition) is 4. The second-order valence-corrected chi connectivity index (χ2v) is 3.55.